The molecule has 1 aliphatic rings. The molecular formula is C29H21N3O4S2. The van der Waals surface area contributed by atoms with Gasteiger partial charge in [0.1, 0.15) is 0 Å². The third-order valence-electron chi connectivity index (χ3n) is 6.51. The number of anilines is 2. The fourth-order valence-electron chi connectivity index (χ4n) is 4.78. The van der Waals surface area contributed by atoms with Crippen LogP contribution in [0.15, 0.2) is 77.1 Å². The number of carboxylic acids is 1. The Hall–Kier alpha value is -4.21. The van der Waals surface area contributed by atoms with Gasteiger partial charge in [-0.15, -0.1) is 11.3 Å². The van der Waals surface area contributed by atoms with Crippen molar-refractivity contribution in [3.05, 3.63) is 95.1 Å². The summed E-state index contributed by atoms with van der Waals surface area (Å²) in [5.74, 6) is -1.54. The third-order valence-corrected chi connectivity index (χ3v) is 8.67. The van der Waals surface area contributed by atoms with E-state index in [1.165, 1.54) is 51.7 Å². The molecule has 0 unspecified atom stereocenters. The summed E-state index contributed by atoms with van der Waals surface area (Å²) in [5.41, 5.74) is 4.82. The number of nitrogens with zero attached hydrogens (tertiary/aromatic N) is 1. The van der Waals surface area contributed by atoms with Crippen molar-refractivity contribution in [3.8, 4) is 0 Å². The molecular weight excluding hydrogens is 518 g/mol. The van der Waals surface area contributed by atoms with Crippen molar-refractivity contribution in [1.29, 1.82) is 0 Å². The van der Waals surface area contributed by atoms with Gasteiger partial charge in [-0.2, -0.15) is 0 Å². The Bertz CT molecular complexity index is 1750. The number of hydrogen-bond acceptors (Lipinski definition) is 6. The van der Waals surface area contributed by atoms with Crippen molar-refractivity contribution in [2.75, 3.05) is 16.4 Å². The maximum absolute atomic E-state index is 12.8. The van der Waals surface area contributed by atoms with Crippen LogP contribution in [0.3, 0.4) is 0 Å². The number of amides is 2. The molecule has 0 saturated heterocycles. The molecule has 2 amide bonds. The van der Waals surface area contributed by atoms with E-state index in [1.54, 1.807) is 30.3 Å². The molecule has 0 spiro atoms. The fourth-order valence-corrected chi connectivity index (χ4v) is 6.69. The SMILES string of the molecule is O=C(CSc1nc2ccc(NC(=O)c3ccccc3C(=O)O)cc2s1)Nc1ccc2c3c(cccc13)CC2. The van der Waals surface area contributed by atoms with E-state index in [9.17, 15) is 19.5 Å². The second-order valence-electron chi connectivity index (χ2n) is 8.92. The molecule has 3 N–H and O–H groups in total. The van der Waals surface area contributed by atoms with E-state index in [4.69, 9.17) is 0 Å². The lowest BCUT2D eigenvalue weighted by atomic mass is 10.0. The Morgan fingerprint density at radius 3 is 2.50 bits per heavy atom. The van der Waals surface area contributed by atoms with Gasteiger partial charge in [0.25, 0.3) is 5.91 Å². The smallest absolute Gasteiger partial charge is 0.336 e. The number of fused-ring (bicyclic) bond motifs is 1. The minimum atomic E-state index is -1.16. The zero-order valence-electron chi connectivity index (χ0n) is 20.0. The number of thioether (sulfide) groups is 1. The molecule has 1 aromatic heterocycles. The maximum Gasteiger partial charge on any atom is 0.336 e. The zero-order chi connectivity index (χ0) is 26.2. The van der Waals surface area contributed by atoms with Gasteiger partial charge in [0.15, 0.2) is 4.34 Å². The summed E-state index contributed by atoms with van der Waals surface area (Å²) in [6.07, 6.45) is 2.08. The van der Waals surface area contributed by atoms with Gasteiger partial charge in [-0.3, -0.25) is 9.59 Å². The highest BCUT2D eigenvalue weighted by molar-refractivity contribution is 8.01. The predicted molar refractivity (Wildman–Crippen MR) is 152 cm³/mol. The summed E-state index contributed by atoms with van der Waals surface area (Å²) in [6.45, 7) is 0. The number of carboxylic acid groups (broad SMARTS) is 1. The summed E-state index contributed by atoms with van der Waals surface area (Å²) >= 11 is 2.79. The van der Waals surface area contributed by atoms with Crippen LogP contribution in [0.1, 0.15) is 31.8 Å². The summed E-state index contributed by atoms with van der Waals surface area (Å²) in [5, 5.41) is 17.5. The van der Waals surface area contributed by atoms with Gasteiger partial charge in [-0.05, 0) is 65.8 Å². The van der Waals surface area contributed by atoms with Crippen LogP contribution in [-0.2, 0) is 17.6 Å². The standard InChI is InChI=1S/C29H21N3O4S2/c33-25(31-22-12-10-17-9-8-16-4-3-7-21(22)26(16)17)15-37-29-32-23-13-11-18(14-24(23)38-29)30-27(34)19-5-1-2-6-20(19)28(35)36/h1-7,10-14H,8-9,15H2,(H,30,34)(H,31,33)(H,35,36). The van der Waals surface area contributed by atoms with Gasteiger partial charge in [-0.1, -0.05) is 48.2 Å². The molecule has 38 heavy (non-hydrogen) atoms. The number of aromatic carboxylic acids is 1. The molecule has 0 aliphatic heterocycles. The van der Waals surface area contributed by atoms with E-state index in [2.05, 4.69) is 33.8 Å². The molecule has 188 valence electrons. The lowest BCUT2D eigenvalue weighted by Crippen LogP contribution is -2.16. The number of aryl methyl sites for hydroxylation is 2. The molecule has 1 aliphatic carbocycles. The monoisotopic (exact) mass is 539 g/mol. The molecule has 7 nitrogen and oxygen atoms in total. The summed E-state index contributed by atoms with van der Waals surface area (Å²) in [6, 6.07) is 21.7. The number of rotatable bonds is 7. The number of thiazole rings is 1. The quantitative estimate of drug-likeness (QED) is 0.212. The molecule has 6 rings (SSSR count). The predicted octanol–water partition coefficient (Wildman–Crippen LogP) is 6.23. The highest BCUT2D eigenvalue weighted by Gasteiger charge is 2.18. The van der Waals surface area contributed by atoms with Crippen molar-refractivity contribution < 1.29 is 19.5 Å². The van der Waals surface area contributed by atoms with E-state index in [0.717, 1.165) is 38.5 Å². The lowest BCUT2D eigenvalue weighted by Gasteiger charge is -2.10. The molecule has 0 bridgehead atoms. The van der Waals surface area contributed by atoms with Gasteiger partial charge >= 0.3 is 5.97 Å². The molecule has 5 aromatic rings. The Kier molecular flexibility index (Phi) is 6.30. The lowest BCUT2D eigenvalue weighted by molar-refractivity contribution is -0.113. The molecule has 9 heteroatoms. The first-order valence-corrected chi connectivity index (χ1v) is 13.8. The Morgan fingerprint density at radius 1 is 0.895 bits per heavy atom. The Morgan fingerprint density at radius 2 is 1.68 bits per heavy atom. The van der Waals surface area contributed by atoms with Crippen molar-refractivity contribution in [2.24, 2.45) is 0 Å². The Balaban J connectivity index is 1.13. The van der Waals surface area contributed by atoms with Crippen LogP contribution in [0.5, 0.6) is 0 Å². The Labute approximate surface area is 225 Å². The van der Waals surface area contributed by atoms with Crippen LogP contribution in [0, 0.1) is 0 Å². The van der Waals surface area contributed by atoms with E-state index in [1.807, 2.05) is 12.1 Å². The number of aromatic nitrogens is 1. The van der Waals surface area contributed by atoms with Crippen molar-refractivity contribution >= 4 is 73.2 Å². The summed E-state index contributed by atoms with van der Waals surface area (Å²) < 4.78 is 1.60. The second-order valence-corrected chi connectivity index (χ2v) is 11.2. The summed E-state index contributed by atoms with van der Waals surface area (Å²) in [7, 11) is 0. The minimum Gasteiger partial charge on any atom is -0.478 e. The van der Waals surface area contributed by atoms with Gasteiger partial charge in [0.05, 0.1) is 27.1 Å². The van der Waals surface area contributed by atoms with Crippen LogP contribution in [0.25, 0.3) is 21.0 Å². The van der Waals surface area contributed by atoms with Crippen LogP contribution in [-0.4, -0.2) is 33.6 Å². The van der Waals surface area contributed by atoms with E-state index in [0.29, 0.717) is 5.69 Å². The maximum atomic E-state index is 12.8. The second kappa shape index (κ2) is 9.92. The van der Waals surface area contributed by atoms with Crippen LogP contribution in [0.2, 0.25) is 0 Å². The van der Waals surface area contributed by atoms with Crippen LogP contribution >= 0.6 is 23.1 Å². The molecule has 1 heterocycles. The van der Waals surface area contributed by atoms with Gasteiger partial charge in [0.2, 0.25) is 5.91 Å². The largest absolute Gasteiger partial charge is 0.478 e. The highest BCUT2D eigenvalue weighted by atomic mass is 32.2. The van der Waals surface area contributed by atoms with E-state index < -0.39 is 11.9 Å². The minimum absolute atomic E-state index is 0.0575. The number of benzene rings is 4. The normalized spacial score (nSPS) is 12.1. The number of carbonyl (C=O) groups is 3. The number of nitrogens with one attached hydrogen (secondary N) is 2. The number of hydrogen-bond donors (Lipinski definition) is 3. The first-order valence-electron chi connectivity index (χ1n) is 12.0. The molecule has 0 saturated carbocycles. The van der Waals surface area contributed by atoms with Crippen molar-refractivity contribution in [1.82, 2.24) is 4.98 Å². The first kappa shape index (κ1) is 24.1. The zero-order valence-corrected chi connectivity index (χ0v) is 21.6. The average molecular weight is 540 g/mol. The highest BCUT2D eigenvalue weighted by Crippen LogP contribution is 2.35. The van der Waals surface area contributed by atoms with Crippen molar-refractivity contribution in [2.45, 2.75) is 17.2 Å². The average Bonchev–Trinajstić information content (AvgIpc) is 3.53. The van der Waals surface area contributed by atoms with Crippen LogP contribution < -0.4 is 10.6 Å². The van der Waals surface area contributed by atoms with E-state index in [-0.39, 0.29) is 22.8 Å². The van der Waals surface area contributed by atoms with Gasteiger partial charge in [0, 0.05) is 16.8 Å². The van der Waals surface area contributed by atoms with Gasteiger partial charge < -0.3 is 15.7 Å². The van der Waals surface area contributed by atoms with Crippen LogP contribution in [0.4, 0.5) is 11.4 Å². The molecule has 0 fully saturated rings. The van der Waals surface area contributed by atoms with E-state index >= 15 is 0 Å². The molecule has 4 aromatic carbocycles. The summed E-state index contributed by atoms with van der Waals surface area (Å²) in [4.78, 5) is 41.5. The fraction of sp³-hybridized carbons (Fsp3) is 0.103. The first-order chi connectivity index (χ1) is 18.5. The van der Waals surface area contributed by atoms with Crippen molar-refractivity contribution in [3.63, 3.8) is 0 Å². The van der Waals surface area contributed by atoms with Gasteiger partial charge in [-0.25, -0.2) is 9.78 Å². The third kappa shape index (κ3) is 4.62. The molecule has 0 atom stereocenters. The number of carbonyl (C=O) groups excluding carboxylic acids is 2. The molecule has 0 radical (unpaired) electrons. The topological polar surface area (TPSA) is 108 Å².